The Balaban J connectivity index is 3.16. The maximum atomic E-state index is 14.1. The molecule has 0 fully saturated rings. The van der Waals surface area contributed by atoms with Crippen LogP contribution in [0.5, 0.6) is 0 Å². The van der Waals surface area contributed by atoms with Gasteiger partial charge in [0.25, 0.3) is 0 Å². The minimum Gasteiger partial charge on any atom is -0.207 e. The highest BCUT2D eigenvalue weighted by Gasteiger charge is 2.27. The fourth-order valence-electron chi connectivity index (χ4n) is 1.63. The van der Waals surface area contributed by atoms with Crippen LogP contribution in [-0.4, -0.2) is 26.3 Å². The molecule has 0 saturated heterocycles. The number of halogens is 3. The molecular weight excluding hydrogens is 308 g/mol. The van der Waals surface area contributed by atoms with Gasteiger partial charge in [0.05, 0.1) is 5.88 Å². The lowest BCUT2D eigenvalue weighted by Gasteiger charge is -2.19. The third-order valence-corrected chi connectivity index (χ3v) is 5.14. The van der Waals surface area contributed by atoms with E-state index in [2.05, 4.69) is 0 Å². The molecule has 1 aromatic carbocycles. The Morgan fingerprint density at radius 1 is 1.30 bits per heavy atom. The monoisotopic (exact) mass is 325 g/mol. The Bertz CT molecular complexity index is 576. The van der Waals surface area contributed by atoms with Crippen molar-refractivity contribution in [3.8, 4) is 0 Å². The van der Waals surface area contributed by atoms with E-state index in [1.54, 1.807) is 0 Å². The van der Waals surface area contributed by atoms with Gasteiger partial charge in [0.2, 0.25) is 10.0 Å². The lowest BCUT2D eigenvalue weighted by molar-refractivity contribution is 0.423. The summed E-state index contributed by atoms with van der Waals surface area (Å²) in [7, 11) is -2.61. The Morgan fingerprint density at radius 2 is 1.90 bits per heavy atom. The summed E-state index contributed by atoms with van der Waals surface area (Å²) in [6.07, 6.45) is 0.654. The molecule has 0 spiro atoms. The zero-order valence-electron chi connectivity index (χ0n) is 11.7. The molecule has 0 aliphatic heterocycles. The van der Waals surface area contributed by atoms with E-state index in [0.717, 1.165) is 16.4 Å². The van der Waals surface area contributed by atoms with Crippen LogP contribution in [0.4, 0.5) is 8.78 Å². The molecule has 1 aromatic rings. The average molecular weight is 326 g/mol. The summed E-state index contributed by atoms with van der Waals surface area (Å²) in [4.78, 5) is -0.541. The minimum absolute atomic E-state index is 0.271. The van der Waals surface area contributed by atoms with Crippen molar-refractivity contribution in [2.24, 2.45) is 5.92 Å². The zero-order chi connectivity index (χ0) is 15.5. The van der Waals surface area contributed by atoms with Crippen molar-refractivity contribution in [1.29, 1.82) is 0 Å². The number of benzene rings is 1. The molecule has 0 N–H and O–H groups in total. The van der Waals surface area contributed by atoms with E-state index in [0.29, 0.717) is 12.3 Å². The van der Waals surface area contributed by atoms with Crippen molar-refractivity contribution in [2.75, 3.05) is 13.6 Å². The fraction of sp³-hybridized carbons (Fsp3) is 0.538. The third-order valence-electron chi connectivity index (χ3n) is 2.99. The number of alkyl halides is 1. The number of hydrogen-bond acceptors (Lipinski definition) is 2. The Morgan fingerprint density at radius 3 is 2.40 bits per heavy atom. The summed E-state index contributed by atoms with van der Waals surface area (Å²) in [6.45, 7) is 4.20. The molecule has 0 atom stereocenters. The van der Waals surface area contributed by atoms with Crippen LogP contribution in [0.1, 0.15) is 25.8 Å². The normalized spacial score (nSPS) is 12.4. The van der Waals surface area contributed by atoms with Crippen LogP contribution >= 0.6 is 11.6 Å². The predicted molar refractivity (Wildman–Crippen MR) is 75.2 cm³/mol. The zero-order valence-corrected chi connectivity index (χ0v) is 13.2. The number of hydrogen-bond donors (Lipinski definition) is 0. The van der Waals surface area contributed by atoms with Gasteiger partial charge in [0, 0.05) is 19.2 Å². The second-order valence-corrected chi connectivity index (χ2v) is 7.26. The Labute approximate surface area is 123 Å². The number of sulfonamides is 1. The summed E-state index contributed by atoms with van der Waals surface area (Å²) >= 11 is 5.45. The van der Waals surface area contributed by atoms with Crippen molar-refractivity contribution >= 4 is 21.6 Å². The predicted octanol–water partition coefficient (Wildman–Crippen LogP) is 3.37. The molecule has 20 heavy (non-hydrogen) atoms. The topological polar surface area (TPSA) is 37.4 Å². The largest absolute Gasteiger partial charge is 0.245 e. The summed E-state index contributed by atoms with van der Waals surface area (Å²) < 4.78 is 53.0. The summed E-state index contributed by atoms with van der Waals surface area (Å²) in [6, 6.07) is 1.85. The first-order valence-electron chi connectivity index (χ1n) is 6.21. The number of rotatable bonds is 6. The van der Waals surface area contributed by atoms with Gasteiger partial charge in [0.15, 0.2) is 5.82 Å². The highest BCUT2D eigenvalue weighted by atomic mass is 35.5. The summed E-state index contributed by atoms with van der Waals surface area (Å²) in [5, 5.41) is 0. The second-order valence-electron chi connectivity index (χ2n) is 4.98. The minimum atomic E-state index is -3.98. The molecule has 0 radical (unpaired) electrons. The van der Waals surface area contributed by atoms with E-state index in [-0.39, 0.29) is 6.54 Å². The Kier molecular flexibility index (Phi) is 5.91. The standard InChI is InChI=1S/C13H18ClF2NO2S/c1-9(2)6-7-17(3)20(18,19)12-5-4-11(15)10(8-14)13(12)16/h4-5,9H,6-8H2,1-3H3. The molecule has 1 rings (SSSR count). The smallest absolute Gasteiger partial charge is 0.207 e. The molecule has 0 saturated carbocycles. The van der Waals surface area contributed by atoms with Gasteiger partial charge in [-0.05, 0) is 24.5 Å². The van der Waals surface area contributed by atoms with E-state index in [1.807, 2.05) is 13.8 Å². The van der Waals surface area contributed by atoms with Gasteiger partial charge in [-0.3, -0.25) is 0 Å². The van der Waals surface area contributed by atoms with Crippen molar-refractivity contribution in [3.63, 3.8) is 0 Å². The first-order valence-corrected chi connectivity index (χ1v) is 8.18. The molecule has 0 unspecified atom stereocenters. The van der Waals surface area contributed by atoms with Crippen molar-refractivity contribution < 1.29 is 17.2 Å². The number of nitrogens with zero attached hydrogens (tertiary/aromatic N) is 1. The van der Waals surface area contributed by atoms with Crippen LogP contribution in [0.2, 0.25) is 0 Å². The first-order chi connectivity index (χ1) is 9.21. The van der Waals surface area contributed by atoms with Crippen molar-refractivity contribution in [2.45, 2.75) is 31.0 Å². The Hall–Kier alpha value is -0.720. The SMILES string of the molecule is CC(C)CCN(C)S(=O)(=O)c1ccc(F)c(CCl)c1F. The van der Waals surface area contributed by atoms with Gasteiger partial charge in [0.1, 0.15) is 10.7 Å². The van der Waals surface area contributed by atoms with Crippen LogP contribution in [0, 0.1) is 17.6 Å². The van der Waals surface area contributed by atoms with Crippen LogP contribution in [0.25, 0.3) is 0 Å². The molecule has 0 amide bonds. The highest BCUT2D eigenvalue weighted by Crippen LogP contribution is 2.24. The van der Waals surface area contributed by atoms with E-state index in [9.17, 15) is 17.2 Å². The lowest BCUT2D eigenvalue weighted by atomic mass is 10.1. The van der Waals surface area contributed by atoms with Gasteiger partial charge < -0.3 is 0 Å². The molecule has 0 aromatic heterocycles. The maximum absolute atomic E-state index is 14.1. The van der Waals surface area contributed by atoms with E-state index in [1.165, 1.54) is 7.05 Å². The lowest BCUT2D eigenvalue weighted by Crippen LogP contribution is -2.29. The third kappa shape index (κ3) is 3.68. The van der Waals surface area contributed by atoms with Gasteiger partial charge in [-0.1, -0.05) is 13.8 Å². The van der Waals surface area contributed by atoms with Gasteiger partial charge in [-0.2, -0.15) is 0 Å². The quantitative estimate of drug-likeness (QED) is 0.752. The molecule has 0 aliphatic carbocycles. The molecule has 7 heteroatoms. The van der Waals surface area contributed by atoms with E-state index in [4.69, 9.17) is 11.6 Å². The first kappa shape index (κ1) is 17.3. The van der Waals surface area contributed by atoms with Crippen LogP contribution in [0.15, 0.2) is 17.0 Å². The summed E-state index contributed by atoms with van der Waals surface area (Å²) in [5.41, 5.74) is -0.426. The van der Waals surface area contributed by atoms with Crippen molar-refractivity contribution in [1.82, 2.24) is 4.31 Å². The molecular formula is C13H18ClF2NO2S. The molecule has 0 bridgehead atoms. The molecule has 114 valence electrons. The molecule has 3 nitrogen and oxygen atoms in total. The van der Waals surface area contributed by atoms with Gasteiger partial charge in [-0.25, -0.2) is 21.5 Å². The van der Waals surface area contributed by atoms with Gasteiger partial charge in [-0.15, -0.1) is 11.6 Å². The van der Waals surface area contributed by atoms with Crippen molar-refractivity contribution in [3.05, 3.63) is 29.3 Å². The van der Waals surface area contributed by atoms with E-state index < -0.39 is 38.0 Å². The van der Waals surface area contributed by atoms with Crippen LogP contribution in [-0.2, 0) is 15.9 Å². The molecule has 0 heterocycles. The second kappa shape index (κ2) is 6.83. The maximum Gasteiger partial charge on any atom is 0.245 e. The average Bonchev–Trinajstić information content (AvgIpc) is 2.35. The van der Waals surface area contributed by atoms with Gasteiger partial charge >= 0.3 is 0 Å². The van der Waals surface area contributed by atoms with E-state index >= 15 is 0 Å². The highest BCUT2D eigenvalue weighted by molar-refractivity contribution is 7.89. The van der Waals surface area contributed by atoms with Crippen LogP contribution < -0.4 is 0 Å². The molecule has 0 aliphatic rings. The van der Waals surface area contributed by atoms with Crippen LogP contribution in [0.3, 0.4) is 0 Å². The fourth-order valence-corrected chi connectivity index (χ4v) is 3.14. The summed E-state index contributed by atoms with van der Waals surface area (Å²) in [5.74, 6) is -2.06.